The molecule has 0 aliphatic rings. The van der Waals surface area contributed by atoms with Gasteiger partial charge in [-0.2, -0.15) is 5.10 Å². The first-order chi connectivity index (χ1) is 10.7. The first-order valence-corrected chi connectivity index (χ1v) is 7.60. The maximum absolute atomic E-state index is 11.9. The Morgan fingerprint density at radius 3 is 2.61 bits per heavy atom. The Hall–Kier alpha value is -2.09. The third-order valence-corrected chi connectivity index (χ3v) is 2.75. The van der Waals surface area contributed by atoms with Crippen LogP contribution in [0.3, 0.4) is 0 Å². The quantitative estimate of drug-likeness (QED) is 0.719. The summed E-state index contributed by atoms with van der Waals surface area (Å²) in [5.74, 6) is 0. The number of aromatic nitrogens is 2. The Bertz CT molecular complexity index is 563. The molecule has 0 aromatic carbocycles. The number of amides is 1. The van der Waals surface area contributed by atoms with Crippen LogP contribution in [0.25, 0.3) is 0 Å². The number of nitrogens with one attached hydrogen (secondary N) is 2. The van der Waals surface area contributed by atoms with E-state index in [1.54, 1.807) is 6.20 Å². The van der Waals surface area contributed by atoms with Crippen molar-refractivity contribution in [2.75, 3.05) is 39.0 Å². The summed E-state index contributed by atoms with van der Waals surface area (Å²) in [5, 5.41) is 9.79. The van der Waals surface area contributed by atoms with Gasteiger partial charge < -0.3 is 20.3 Å². The van der Waals surface area contributed by atoms with Gasteiger partial charge in [0.1, 0.15) is 5.60 Å². The monoisotopic (exact) mass is 325 g/mol. The molecule has 0 fully saturated rings. The number of rotatable bonds is 7. The molecule has 0 saturated carbocycles. The zero-order chi connectivity index (χ0) is 17.5. The van der Waals surface area contributed by atoms with Crippen molar-refractivity contribution in [3.8, 4) is 0 Å². The van der Waals surface area contributed by atoms with E-state index in [1.165, 1.54) is 10.7 Å². The third-order valence-electron chi connectivity index (χ3n) is 2.75. The van der Waals surface area contributed by atoms with Gasteiger partial charge in [0.25, 0.3) is 5.56 Å². The molecule has 1 aromatic rings. The van der Waals surface area contributed by atoms with Gasteiger partial charge in [0.2, 0.25) is 0 Å². The van der Waals surface area contributed by atoms with Crippen LogP contribution in [-0.2, 0) is 11.3 Å². The number of likely N-dealkylation sites (N-methyl/N-ethyl adjacent to an activating group) is 1. The highest BCUT2D eigenvalue weighted by atomic mass is 16.6. The third kappa shape index (κ3) is 8.20. The Morgan fingerprint density at radius 2 is 2.04 bits per heavy atom. The van der Waals surface area contributed by atoms with Gasteiger partial charge in [-0.05, 0) is 34.9 Å². The summed E-state index contributed by atoms with van der Waals surface area (Å²) in [7, 11) is 3.89. The van der Waals surface area contributed by atoms with Crippen LogP contribution in [0.4, 0.5) is 10.5 Å². The first-order valence-electron chi connectivity index (χ1n) is 7.60. The number of hydrogen-bond donors (Lipinski definition) is 2. The maximum Gasteiger partial charge on any atom is 0.407 e. The molecular formula is C15H27N5O3. The SMILES string of the molecule is CN(C)CCn1ncc(NCCNC(=O)OC(C)(C)C)cc1=O. The molecule has 2 N–H and O–H groups in total. The summed E-state index contributed by atoms with van der Waals surface area (Å²) in [4.78, 5) is 25.4. The first kappa shape index (κ1) is 19.0. The lowest BCUT2D eigenvalue weighted by atomic mass is 10.2. The summed E-state index contributed by atoms with van der Waals surface area (Å²) in [6.07, 6.45) is 1.14. The Balaban J connectivity index is 2.37. The van der Waals surface area contributed by atoms with Crippen molar-refractivity contribution in [1.82, 2.24) is 20.0 Å². The lowest BCUT2D eigenvalue weighted by Crippen LogP contribution is -2.35. The molecule has 0 saturated heterocycles. The van der Waals surface area contributed by atoms with Crippen molar-refractivity contribution in [3.05, 3.63) is 22.6 Å². The molecular weight excluding hydrogens is 298 g/mol. The Labute approximate surface area is 136 Å². The van der Waals surface area contributed by atoms with Crippen LogP contribution in [0, 0.1) is 0 Å². The minimum atomic E-state index is -0.515. The van der Waals surface area contributed by atoms with Crippen molar-refractivity contribution >= 4 is 11.8 Å². The topological polar surface area (TPSA) is 88.5 Å². The molecule has 8 nitrogen and oxygen atoms in total. The molecule has 1 heterocycles. The summed E-state index contributed by atoms with van der Waals surface area (Å²) < 4.78 is 6.54. The van der Waals surface area contributed by atoms with Gasteiger partial charge in [-0.3, -0.25) is 4.79 Å². The van der Waals surface area contributed by atoms with E-state index in [4.69, 9.17) is 4.74 Å². The van der Waals surface area contributed by atoms with Gasteiger partial charge in [0.15, 0.2) is 0 Å². The second-order valence-electron chi connectivity index (χ2n) is 6.46. The minimum absolute atomic E-state index is 0.156. The summed E-state index contributed by atoms with van der Waals surface area (Å²) >= 11 is 0. The van der Waals surface area contributed by atoms with Crippen LogP contribution in [0.15, 0.2) is 17.1 Å². The second-order valence-corrected chi connectivity index (χ2v) is 6.46. The molecule has 0 aliphatic carbocycles. The van der Waals surface area contributed by atoms with E-state index in [-0.39, 0.29) is 5.56 Å². The number of nitrogens with zero attached hydrogens (tertiary/aromatic N) is 3. The highest BCUT2D eigenvalue weighted by Gasteiger charge is 2.15. The van der Waals surface area contributed by atoms with E-state index in [2.05, 4.69) is 15.7 Å². The minimum Gasteiger partial charge on any atom is -0.444 e. The molecule has 8 heteroatoms. The van der Waals surface area contributed by atoms with E-state index < -0.39 is 11.7 Å². The van der Waals surface area contributed by atoms with Gasteiger partial charge in [0, 0.05) is 25.7 Å². The van der Waals surface area contributed by atoms with E-state index in [1.807, 2.05) is 39.8 Å². The van der Waals surface area contributed by atoms with Crippen molar-refractivity contribution in [3.63, 3.8) is 0 Å². The molecule has 0 spiro atoms. The van der Waals surface area contributed by atoms with Crippen molar-refractivity contribution < 1.29 is 9.53 Å². The molecule has 0 unspecified atom stereocenters. The van der Waals surface area contributed by atoms with E-state index in [0.717, 1.165) is 6.54 Å². The molecule has 23 heavy (non-hydrogen) atoms. The maximum atomic E-state index is 11.9. The van der Waals surface area contributed by atoms with Crippen LogP contribution >= 0.6 is 0 Å². The van der Waals surface area contributed by atoms with E-state index >= 15 is 0 Å². The largest absolute Gasteiger partial charge is 0.444 e. The molecule has 0 atom stereocenters. The van der Waals surface area contributed by atoms with E-state index in [9.17, 15) is 9.59 Å². The van der Waals surface area contributed by atoms with Crippen molar-refractivity contribution in [2.45, 2.75) is 32.9 Å². The highest BCUT2D eigenvalue weighted by molar-refractivity contribution is 5.67. The number of carbonyl (C=O) groups is 1. The fraction of sp³-hybridized carbons (Fsp3) is 0.667. The highest BCUT2D eigenvalue weighted by Crippen LogP contribution is 2.06. The van der Waals surface area contributed by atoms with Crippen LogP contribution in [-0.4, -0.2) is 60.1 Å². The normalized spacial score (nSPS) is 11.4. The summed E-state index contributed by atoms with van der Waals surface area (Å²) in [5.41, 5.74) is -0.0440. The Kier molecular flexibility index (Phi) is 7.02. The Morgan fingerprint density at radius 1 is 1.35 bits per heavy atom. The summed E-state index contributed by atoms with van der Waals surface area (Å²) in [6, 6.07) is 1.50. The fourth-order valence-electron chi connectivity index (χ4n) is 1.68. The number of alkyl carbamates (subject to hydrolysis) is 1. The van der Waals surface area contributed by atoms with Gasteiger partial charge in [-0.15, -0.1) is 0 Å². The number of hydrogen-bond acceptors (Lipinski definition) is 6. The van der Waals surface area contributed by atoms with Gasteiger partial charge in [-0.1, -0.05) is 0 Å². The van der Waals surface area contributed by atoms with Crippen LogP contribution < -0.4 is 16.2 Å². The lowest BCUT2D eigenvalue weighted by molar-refractivity contribution is 0.0530. The van der Waals surface area contributed by atoms with Crippen molar-refractivity contribution in [1.29, 1.82) is 0 Å². The fourth-order valence-corrected chi connectivity index (χ4v) is 1.68. The zero-order valence-electron chi connectivity index (χ0n) is 14.5. The predicted molar refractivity (Wildman–Crippen MR) is 89.8 cm³/mol. The predicted octanol–water partition coefficient (Wildman–Crippen LogP) is 0.742. The van der Waals surface area contributed by atoms with Gasteiger partial charge in [-0.25, -0.2) is 9.48 Å². The molecule has 0 aliphatic heterocycles. The molecule has 1 amide bonds. The van der Waals surface area contributed by atoms with Crippen molar-refractivity contribution in [2.24, 2.45) is 0 Å². The molecule has 0 bridgehead atoms. The standard InChI is InChI=1S/C15H27N5O3/c1-15(2,3)23-14(22)17-7-6-16-12-10-13(21)20(18-11-12)9-8-19(4)5/h10-11,16H,6-9H2,1-5H3,(H,17,22). The average Bonchev–Trinajstić information content (AvgIpc) is 2.40. The van der Waals surface area contributed by atoms with Gasteiger partial charge in [0.05, 0.1) is 18.4 Å². The molecule has 1 aromatic heterocycles. The molecule has 0 radical (unpaired) electrons. The molecule has 1 rings (SSSR count). The van der Waals surface area contributed by atoms with Crippen LogP contribution in [0.1, 0.15) is 20.8 Å². The molecule has 130 valence electrons. The van der Waals surface area contributed by atoms with Crippen LogP contribution in [0.2, 0.25) is 0 Å². The lowest BCUT2D eigenvalue weighted by Gasteiger charge is -2.19. The average molecular weight is 325 g/mol. The number of anilines is 1. The zero-order valence-corrected chi connectivity index (χ0v) is 14.5. The van der Waals surface area contributed by atoms with E-state index in [0.29, 0.717) is 25.3 Å². The van der Waals surface area contributed by atoms with Gasteiger partial charge >= 0.3 is 6.09 Å². The smallest absolute Gasteiger partial charge is 0.407 e. The van der Waals surface area contributed by atoms with Crippen LogP contribution in [0.5, 0.6) is 0 Å². The second kappa shape index (κ2) is 8.52. The number of carbonyl (C=O) groups excluding carboxylic acids is 1. The summed E-state index contributed by atoms with van der Waals surface area (Å²) in [6.45, 7) is 7.58. The number of ether oxygens (including phenoxy) is 1.